The fraction of sp³-hybridized carbons (Fsp3) is 0.308. The molecule has 0 aromatic heterocycles. The molecule has 3 heteroatoms. The molecule has 0 N–H and O–H groups in total. The Labute approximate surface area is 174 Å². The van der Waals surface area contributed by atoms with Crippen LogP contribution in [-0.4, -0.2) is 44.7 Å². The zero-order valence-electron chi connectivity index (χ0n) is 17.2. The lowest BCUT2D eigenvalue weighted by atomic mass is 9.88. The maximum absolute atomic E-state index is 5.55. The maximum atomic E-state index is 5.55. The molecule has 0 spiro atoms. The molecule has 1 saturated heterocycles. The van der Waals surface area contributed by atoms with E-state index in [1.807, 2.05) is 12.1 Å². The standard InChI is InChI=1S/C26H30N2O/c1-29-26-15-9-8-14-25(26)28-20-18-27(19-21-28)17-16-24(22-10-4-2-5-11-22)23-12-6-3-7-13-23/h2-15,24H,16-21H2,1H3. The van der Waals surface area contributed by atoms with Crippen molar-refractivity contribution in [3.05, 3.63) is 96.1 Å². The molecule has 0 aliphatic carbocycles. The van der Waals surface area contributed by atoms with Crippen molar-refractivity contribution in [2.24, 2.45) is 0 Å². The molecule has 3 aromatic rings. The lowest BCUT2D eigenvalue weighted by molar-refractivity contribution is 0.250. The normalized spacial score (nSPS) is 14.9. The molecule has 3 aromatic carbocycles. The molecule has 0 bridgehead atoms. The average molecular weight is 387 g/mol. The SMILES string of the molecule is COc1ccccc1N1CCN(CCC(c2ccccc2)c2ccccc2)CC1. The summed E-state index contributed by atoms with van der Waals surface area (Å²) < 4.78 is 5.55. The highest BCUT2D eigenvalue weighted by atomic mass is 16.5. The van der Waals surface area contributed by atoms with E-state index in [0.29, 0.717) is 5.92 Å². The predicted octanol–water partition coefficient (Wildman–Crippen LogP) is 5.04. The van der Waals surface area contributed by atoms with Gasteiger partial charge in [-0.3, -0.25) is 4.90 Å². The van der Waals surface area contributed by atoms with E-state index in [9.17, 15) is 0 Å². The van der Waals surface area contributed by atoms with Crippen molar-refractivity contribution in [2.45, 2.75) is 12.3 Å². The Morgan fingerprint density at radius 3 is 1.86 bits per heavy atom. The van der Waals surface area contributed by atoms with Gasteiger partial charge in [0, 0.05) is 32.1 Å². The van der Waals surface area contributed by atoms with E-state index in [1.165, 1.54) is 16.8 Å². The van der Waals surface area contributed by atoms with Gasteiger partial charge in [0.15, 0.2) is 0 Å². The highest BCUT2D eigenvalue weighted by molar-refractivity contribution is 5.58. The van der Waals surface area contributed by atoms with Gasteiger partial charge in [0.1, 0.15) is 5.75 Å². The molecule has 1 heterocycles. The fourth-order valence-corrected chi connectivity index (χ4v) is 4.31. The smallest absolute Gasteiger partial charge is 0.142 e. The van der Waals surface area contributed by atoms with Crippen molar-refractivity contribution in [2.75, 3.05) is 44.7 Å². The van der Waals surface area contributed by atoms with Crippen LogP contribution >= 0.6 is 0 Å². The van der Waals surface area contributed by atoms with Gasteiger partial charge in [-0.2, -0.15) is 0 Å². The van der Waals surface area contributed by atoms with E-state index >= 15 is 0 Å². The van der Waals surface area contributed by atoms with Crippen LogP contribution in [0.15, 0.2) is 84.9 Å². The predicted molar refractivity (Wildman–Crippen MR) is 121 cm³/mol. The number of para-hydroxylation sites is 2. The van der Waals surface area contributed by atoms with Crippen molar-refractivity contribution in [1.29, 1.82) is 0 Å². The third kappa shape index (κ3) is 4.80. The first-order valence-corrected chi connectivity index (χ1v) is 10.6. The minimum absolute atomic E-state index is 0.449. The topological polar surface area (TPSA) is 15.7 Å². The number of ether oxygens (including phenoxy) is 1. The lowest BCUT2D eigenvalue weighted by Gasteiger charge is -2.37. The van der Waals surface area contributed by atoms with E-state index in [1.54, 1.807) is 7.11 Å². The van der Waals surface area contributed by atoms with Crippen molar-refractivity contribution in [3.8, 4) is 5.75 Å². The minimum atomic E-state index is 0.449. The summed E-state index contributed by atoms with van der Waals surface area (Å²) in [6, 6.07) is 30.2. The Morgan fingerprint density at radius 2 is 1.28 bits per heavy atom. The van der Waals surface area contributed by atoms with Crippen LogP contribution in [0.3, 0.4) is 0 Å². The number of anilines is 1. The first kappa shape index (κ1) is 19.5. The average Bonchev–Trinajstić information content (AvgIpc) is 2.81. The molecule has 0 radical (unpaired) electrons. The summed E-state index contributed by atoms with van der Waals surface area (Å²) in [6.45, 7) is 5.39. The van der Waals surface area contributed by atoms with Crippen molar-refractivity contribution >= 4 is 5.69 Å². The summed E-state index contributed by atoms with van der Waals surface area (Å²) in [5.74, 6) is 1.42. The van der Waals surface area contributed by atoms with Gasteiger partial charge in [-0.25, -0.2) is 0 Å². The summed E-state index contributed by atoms with van der Waals surface area (Å²) in [6.07, 6.45) is 1.14. The second kappa shape index (κ2) is 9.62. The Balaban J connectivity index is 1.38. The first-order valence-electron chi connectivity index (χ1n) is 10.6. The fourth-order valence-electron chi connectivity index (χ4n) is 4.31. The molecule has 3 nitrogen and oxygen atoms in total. The van der Waals surface area contributed by atoms with Crippen LogP contribution < -0.4 is 9.64 Å². The third-order valence-corrected chi connectivity index (χ3v) is 5.94. The van der Waals surface area contributed by atoms with Crippen LogP contribution in [0.5, 0.6) is 5.75 Å². The molecule has 0 atom stereocenters. The van der Waals surface area contributed by atoms with Crippen LogP contribution in [0.1, 0.15) is 23.5 Å². The van der Waals surface area contributed by atoms with Crippen LogP contribution in [0, 0.1) is 0 Å². The van der Waals surface area contributed by atoms with Gasteiger partial charge < -0.3 is 9.64 Å². The zero-order chi connectivity index (χ0) is 19.9. The van der Waals surface area contributed by atoms with Crippen molar-refractivity contribution in [1.82, 2.24) is 4.90 Å². The molecular formula is C26H30N2O. The molecule has 0 unspecified atom stereocenters. The van der Waals surface area contributed by atoms with Crippen LogP contribution in [0.4, 0.5) is 5.69 Å². The highest BCUT2D eigenvalue weighted by Crippen LogP contribution is 2.30. The minimum Gasteiger partial charge on any atom is -0.495 e. The molecule has 1 aliphatic heterocycles. The largest absolute Gasteiger partial charge is 0.495 e. The van der Waals surface area contributed by atoms with E-state index < -0.39 is 0 Å². The summed E-state index contributed by atoms with van der Waals surface area (Å²) in [7, 11) is 1.75. The number of hydrogen-bond donors (Lipinski definition) is 0. The van der Waals surface area contributed by atoms with E-state index in [4.69, 9.17) is 4.74 Å². The van der Waals surface area contributed by atoms with Crippen LogP contribution in [0.2, 0.25) is 0 Å². The Kier molecular flexibility index (Phi) is 6.48. The molecule has 0 amide bonds. The maximum Gasteiger partial charge on any atom is 0.142 e. The Hall–Kier alpha value is -2.78. The van der Waals surface area contributed by atoms with Gasteiger partial charge in [0.2, 0.25) is 0 Å². The van der Waals surface area contributed by atoms with Crippen molar-refractivity contribution < 1.29 is 4.74 Å². The van der Waals surface area contributed by atoms with Crippen LogP contribution in [0.25, 0.3) is 0 Å². The zero-order valence-corrected chi connectivity index (χ0v) is 17.2. The molecule has 150 valence electrons. The molecule has 29 heavy (non-hydrogen) atoms. The summed E-state index contributed by atoms with van der Waals surface area (Å²) in [5.41, 5.74) is 4.03. The molecule has 0 saturated carbocycles. The van der Waals surface area contributed by atoms with Gasteiger partial charge in [-0.05, 0) is 36.2 Å². The highest BCUT2D eigenvalue weighted by Gasteiger charge is 2.21. The van der Waals surface area contributed by atoms with Gasteiger partial charge in [0.25, 0.3) is 0 Å². The van der Waals surface area contributed by atoms with E-state index in [-0.39, 0.29) is 0 Å². The first-order chi connectivity index (χ1) is 14.3. The van der Waals surface area contributed by atoms with Crippen LogP contribution in [-0.2, 0) is 0 Å². The van der Waals surface area contributed by atoms with Gasteiger partial charge in [-0.15, -0.1) is 0 Å². The van der Waals surface area contributed by atoms with E-state index in [2.05, 4.69) is 82.6 Å². The summed E-state index contributed by atoms with van der Waals surface area (Å²) in [4.78, 5) is 5.05. The number of piperazine rings is 1. The Bertz CT molecular complexity index is 834. The van der Waals surface area contributed by atoms with Gasteiger partial charge in [-0.1, -0.05) is 72.8 Å². The lowest BCUT2D eigenvalue weighted by Crippen LogP contribution is -2.46. The van der Waals surface area contributed by atoms with Gasteiger partial charge >= 0.3 is 0 Å². The number of benzene rings is 3. The number of nitrogens with zero attached hydrogens (tertiary/aromatic N) is 2. The second-order valence-corrected chi connectivity index (χ2v) is 7.66. The third-order valence-electron chi connectivity index (χ3n) is 5.94. The molecule has 4 rings (SSSR count). The molecule has 1 aliphatic rings. The Morgan fingerprint density at radius 1 is 0.724 bits per heavy atom. The quantitative estimate of drug-likeness (QED) is 0.566. The van der Waals surface area contributed by atoms with E-state index in [0.717, 1.165) is 44.9 Å². The number of hydrogen-bond acceptors (Lipinski definition) is 3. The number of methoxy groups -OCH3 is 1. The monoisotopic (exact) mass is 386 g/mol. The van der Waals surface area contributed by atoms with Gasteiger partial charge in [0.05, 0.1) is 12.8 Å². The van der Waals surface area contributed by atoms with Crippen molar-refractivity contribution in [3.63, 3.8) is 0 Å². The molecular weight excluding hydrogens is 356 g/mol. The second-order valence-electron chi connectivity index (χ2n) is 7.66. The summed E-state index contributed by atoms with van der Waals surface area (Å²) in [5, 5.41) is 0. The number of rotatable bonds is 7. The molecule has 1 fully saturated rings. The summed E-state index contributed by atoms with van der Waals surface area (Å²) >= 11 is 0.